The highest BCUT2D eigenvalue weighted by atomic mass is 14.7. The first-order valence-corrected chi connectivity index (χ1v) is 16.2. The molecule has 0 amide bonds. The van der Waals surface area contributed by atoms with Gasteiger partial charge in [0, 0.05) is 16.5 Å². The summed E-state index contributed by atoms with van der Waals surface area (Å²) in [5, 5.41) is 11.9. The predicted octanol–water partition coefficient (Wildman–Crippen LogP) is 12.1. The van der Waals surface area contributed by atoms with Gasteiger partial charge in [0.05, 0.1) is 23.0 Å². The van der Waals surface area contributed by atoms with E-state index in [0.29, 0.717) is 5.56 Å². The predicted molar refractivity (Wildman–Crippen MR) is 198 cm³/mol. The van der Waals surface area contributed by atoms with E-state index in [-0.39, 0.29) is 0 Å². The summed E-state index contributed by atoms with van der Waals surface area (Å²) in [5.74, 6) is 0. The van der Waals surface area contributed by atoms with E-state index in [1.165, 1.54) is 44.2 Å². The summed E-state index contributed by atoms with van der Waals surface area (Å²) in [6.45, 7) is 0. The first-order valence-electron chi connectivity index (χ1n) is 16.2. The van der Waals surface area contributed by atoms with Crippen molar-refractivity contribution in [3.05, 3.63) is 175 Å². The molecule has 1 heterocycles. The van der Waals surface area contributed by atoms with Crippen molar-refractivity contribution < 1.29 is 0 Å². The topological polar surface area (TPSA) is 36.7 Å². The third kappa shape index (κ3) is 4.61. The molecule has 1 aliphatic rings. The minimum Gasteiger partial charge on any atom is -0.248 e. The van der Waals surface area contributed by atoms with E-state index >= 15 is 0 Å². The van der Waals surface area contributed by atoms with Crippen LogP contribution in [0.1, 0.15) is 5.56 Å². The number of rotatable bonds is 5. The van der Waals surface area contributed by atoms with Gasteiger partial charge in [0.1, 0.15) is 0 Å². The monoisotopic (exact) mass is 608 g/mol. The molecule has 0 radical (unpaired) electrons. The summed E-state index contributed by atoms with van der Waals surface area (Å²) in [7, 11) is 0. The van der Waals surface area contributed by atoms with Gasteiger partial charge >= 0.3 is 0 Å². The van der Waals surface area contributed by atoms with E-state index in [0.717, 1.165) is 44.8 Å². The molecule has 1 aliphatic carbocycles. The largest absolute Gasteiger partial charge is 0.248 e. The minimum absolute atomic E-state index is 0.650. The molecule has 7 aromatic carbocycles. The van der Waals surface area contributed by atoms with Crippen LogP contribution in [0.15, 0.2) is 170 Å². The van der Waals surface area contributed by atoms with Gasteiger partial charge in [-0.15, -0.1) is 0 Å². The second-order valence-corrected chi connectivity index (χ2v) is 12.2. The average molecular weight is 609 g/mol. The number of aromatic nitrogens is 1. The summed E-state index contributed by atoms with van der Waals surface area (Å²) >= 11 is 0. The lowest BCUT2D eigenvalue weighted by molar-refractivity contribution is 1.33. The van der Waals surface area contributed by atoms with Crippen LogP contribution >= 0.6 is 0 Å². The van der Waals surface area contributed by atoms with Crippen molar-refractivity contribution in [2.45, 2.75) is 0 Å². The Hall–Kier alpha value is -6.56. The molecule has 0 saturated heterocycles. The second-order valence-electron chi connectivity index (χ2n) is 12.2. The number of benzene rings is 7. The summed E-state index contributed by atoms with van der Waals surface area (Å²) in [6, 6.07) is 62.0. The summed E-state index contributed by atoms with van der Waals surface area (Å²) in [4.78, 5) is 5.36. The molecule has 222 valence electrons. The Morgan fingerprint density at radius 1 is 0.333 bits per heavy atom. The summed E-state index contributed by atoms with van der Waals surface area (Å²) in [6.07, 6.45) is 0. The second kappa shape index (κ2) is 11.4. The number of hydrogen-bond donors (Lipinski definition) is 0. The lowest BCUT2D eigenvalue weighted by Gasteiger charge is -2.16. The molecular weight excluding hydrogens is 581 g/mol. The van der Waals surface area contributed by atoms with Crippen molar-refractivity contribution >= 4 is 10.8 Å². The summed E-state index contributed by atoms with van der Waals surface area (Å²) in [5.41, 5.74) is 16.5. The third-order valence-corrected chi connectivity index (χ3v) is 9.49. The highest BCUT2D eigenvalue weighted by Crippen LogP contribution is 2.52. The van der Waals surface area contributed by atoms with Gasteiger partial charge in [-0.05, 0) is 85.3 Å². The van der Waals surface area contributed by atoms with E-state index in [1.807, 2.05) is 24.3 Å². The maximum absolute atomic E-state index is 9.50. The van der Waals surface area contributed by atoms with Gasteiger partial charge in [-0.2, -0.15) is 5.26 Å². The molecule has 9 rings (SSSR count). The summed E-state index contributed by atoms with van der Waals surface area (Å²) < 4.78 is 0. The maximum Gasteiger partial charge on any atom is 0.0991 e. The molecule has 48 heavy (non-hydrogen) atoms. The van der Waals surface area contributed by atoms with Crippen LogP contribution in [0.5, 0.6) is 0 Å². The van der Waals surface area contributed by atoms with E-state index in [4.69, 9.17) is 4.98 Å². The van der Waals surface area contributed by atoms with Crippen LogP contribution in [-0.4, -0.2) is 4.98 Å². The van der Waals surface area contributed by atoms with E-state index in [1.54, 1.807) is 0 Å². The zero-order valence-corrected chi connectivity index (χ0v) is 26.1. The molecule has 0 fully saturated rings. The number of fused-ring (bicyclic) bond motifs is 3. The number of pyridine rings is 1. The standard InChI is InChI=1S/C46H28N2/c47-29-30-15-17-34(18-16-30)37-23-24-40-38-13-7-8-14-39(38)41-25-26-42(45(37)46(40)41)44-28-36(27-43(48-44)35-11-5-2-6-12-35)33-21-19-32(20-22-33)31-9-3-1-4-10-31/h1-28H. The molecule has 0 unspecified atom stereocenters. The zero-order chi connectivity index (χ0) is 32.0. The molecule has 0 spiro atoms. The van der Waals surface area contributed by atoms with Crippen LogP contribution in [0.4, 0.5) is 0 Å². The van der Waals surface area contributed by atoms with Crippen LogP contribution in [0.3, 0.4) is 0 Å². The Kier molecular flexibility index (Phi) is 6.56. The molecule has 0 N–H and O–H groups in total. The van der Waals surface area contributed by atoms with Crippen molar-refractivity contribution in [1.29, 1.82) is 5.26 Å². The number of nitrogens with zero attached hydrogens (tertiary/aromatic N) is 2. The lowest BCUT2D eigenvalue weighted by Crippen LogP contribution is -1.94. The molecule has 2 heteroatoms. The molecule has 1 aromatic heterocycles. The highest BCUT2D eigenvalue weighted by molar-refractivity contribution is 6.22. The Morgan fingerprint density at radius 3 is 1.42 bits per heavy atom. The highest BCUT2D eigenvalue weighted by Gasteiger charge is 2.25. The Labute approximate surface area is 279 Å². The third-order valence-electron chi connectivity index (χ3n) is 9.49. The number of nitriles is 1. The van der Waals surface area contributed by atoms with Crippen molar-refractivity contribution in [2.75, 3.05) is 0 Å². The normalized spacial score (nSPS) is 11.3. The van der Waals surface area contributed by atoms with E-state index < -0.39 is 0 Å². The Bertz CT molecular complexity index is 2490. The lowest BCUT2D eigenvalue weighted by atomic mass is 9.89. The van der Waals surface area contributed by atoms with Crippen LogP contribution in [0.25, 0.3) is 88.9 Å². The number of hydrogen-bond acceptors (Lipinski definition) is 2. The molecule has 8 aromatic rings. The van der Waals surface area contributed by atoms with Gasteiger partial charge in [0.15, 0.2) is 0 Å². The van der Waals surface area contributed by atoms with Crippen molar-refractivity contribution in [2.24, 2.45) is 0 Å². The average Bonchev–Trinajstić information content (AvgIpc) is 3.50. The molecule has 0 atom stereocenters. The Balaban J connectivity index is 1.30. The molecule has 0 saturated carbocycles. The van der Waals surface area contributed by atoms with Crippen LogP contribution < -0.4 is 0 Å². The van der Waals surface area contributed by atoms with Crippen LogP contribution in [0.2, 0.25) is 0 Å². The van der Waals surface area contributed by atoms with Crippen LogP contribution in [0, 0.1) is 11.3 Å². The Morgan fingerprint density at radius 2 is 0.792 bits per heavy atom. The van der Waals surface area contributed by atoms with Gasteiger partial charge in [0.25, 0.3) is 0 Å². The van der Waals surface area contributed by atoms with Crippen molar-refractivity contribution in [3.63, 3.8) is 0 Å². The van der Waals surface area contributed by atoms with Crippen molar-refractivity contribution in [1.82, 2.24) is 4.98 Å². The minimum atomic E-state index is 0.650. The first-order chi connectivity index (χ1) is 23.7. The molecule has 0 bridgehead atoms. The fraction of sp³-hybridized carbons (Fsp3) is 0. The first kappa shape index (κ1) is 27.7. The smallest absolute Gasteiger partial charge is 0.0991 e. The van der Waals surface area contributed by atoms with E-state index in [2.05, 4.69) is 152 Å². The van der Waals surface area contributed by atoms with Crippen molar-refractivity contribution in [3.8, 4) is 84.2 Å². The van der Waals surface area contributed by atoms with Gasteiger partial charge in [-0.3, -0.25) is 0 Å². The molecule has 2 nitrogen and oxygen atoms in total. The van der Waals surface area contributed by atoms with E-state index in [9.17, 15) is 5.26 Å². The van der Waals surface area contributed by atoms with Gasteiger partial charge in [-0.25, -0.2) is 4.98 Å². The molecule has 0 aliphatic heterocycles. The van der Waals surface area contributed by atoms with Gasteiger partial charge in [-0.1, -0.05) is 146 Å². The van der Waals surface area contributed by atoms with Gasteiger partial charge < -0.3 is 0 Å². The fourth-order valence-corrected chi connectivity index (χ4v) is 7.15. The molecular formula is C46H28N2. The SMILES string of the molecule is N#Cc1ccc(-c2ccc3c4c(ccc(-c5cc(-c6ccc(-c7ccccc7)cc6)cc(-c6ccccc6)n5)c24)-c2ccccc2-3)cc1. The van der Waals surface area contributed by atoms with Crippen LogP contribution in [-0.2, 0) is 0 Å². The maximum atomic E-state index is 9.50. The van der Waals surface area contributed by atoms with Gasteiger partial charge in [0.2, 0.25) is 0 Å². The zero-order valence-electron chi connectivity index (χ0n) is 26.1. The fourth-order valence-electron chi connectivity index (χ4n) is 7.15. The quantitative estimate of drug-likeness (QED) is 0.195.